The maximum absolute atomic E-state index is 14.0. The van der Waals surface area contributed by atoms with Gasteiger partial charge < -0.3 is 19.5 Å². The molecule has 1 aromatic heterocycles. The second-order valence-electron chi connectivity index (χ2n) is 9.88. The summed E-state index contributed by atoms with van der Waals surface area (Å²) in [5.74, 6) is -2.03. The van der Waals surface area contributed by atoms with Crippen LogP contribution in [0.3, 0.4) is 0 Å². The van der Waals surface area contributed by atoms with Crippen molar-refractivity contribution in [1.82, 2.24) is 14.8 Å². The molecule has 9 heteroatoms. The lowest BCUT2D eigenvalue weighted by Crippen LogP contribution is -2.65. The number of carbonyl (C=O) groups excluding carboxylic acids is 2. The van der Waals surface area contributed by atoms with E-state index in [4.69, 9.17) is 4.74 Å². The van der Waals surface area contributed by atoms with Gasteiger partial charge in [0.2, 0.25) is 5.43 Å². The molecule has 3 fully saturated rings. The molecular weight excluding hydrogens is 456 g/mol. The van der Waals surface area contributed by atoms with Gasteiger partial charge in [0.1, 0.15) is 17.2 Å². The van der Waals surface area contributed by atoms with E-state index in [0.717, 1.165) is 44.2 Å². The summed E-state index contributed by atoms with van der Waals surface area (Å²) >= 11 is 0. The molecule has 4 aliphatic rings. The second-order valence-corrected chi connectivity index (χ2v) is 9.88. The first-order chi connectivity index (χ1) is 16.8. The van der Waals surface area contributed by atoms with Crippen molar-refractivity contribution in [2.75, 3.05) is 13.2 Å². The number of carbonyl (C=O) groups is 2. The fourth-order valence-corrected chi connectivity index (χ4v) is 5.64. The van der Waals surface area contributed by atoms with Crippen LogP contribution in [-0.2, 0) is 13.1 Å². The van der Waals surface area contributed by atoms with Crippen LogP contribution in [0.5, 0.6) is 5.75 Å². The SMILES string of the molecule is CCCCOc1c2n(cc(C(=O)NCc3ccc(F)cc3F)c1=O)C[C@]13CC[C@H](CC1)CN3C2=O. The number of fused-ring (bicyclic) bond motifs is 3. The van der Waals surface area contributed by atoms with Crippen molar-refractivity contribution in [2.45, 2.75) is 64.1 Å². The zero-order valence-electron chi connectivity index (χ0n) is 19.7. The largest absolute Gasteiger partial charge is 0.487 e. The summed E-state index contributed by atoms with van der Waals surface area (Å²) in [6.07, 6.45) is 6.90. The highest BCUT2D eigenvalue weighted by Gasteiger charge is 2.52. The van der Waals surface area contributed by atoms with Crippen LogP contribution < -0.4 is 15.5 Å². The fraction of sp³-hybridized carbons (Fsp3) is 0.500. The summed E-state index contributed by atoms with van der Waals surface area (Å²) in [7, 11) is 0. The number of rotatable bonds is 7. The quantitative estimate of drug-likeness (QED) is 0.608. The molecule has 0 atom stereocenters. The molecule has 1 aliphatic carbocycles. The van der Waals surface area contributed by atoms with E-state index in [1.165, 1.54) is 12.3 Å². The number of unbranched alkanes of at least 4 members (excludes halogenated alkanes) is 1. The van der Waals surface area contributed by atoms with Gasteiger partial charge in [-0.3, -0.25) is 14.4 Å². The van der Waals surface area contributed by atoms with Crippen molar-refractivity contribution in [1.29, 1.82) is 0 Å². The topological polar surface area (TPSA) is 80.6 Å². The fourth-order valence-electron chi connectivity index (χ4n) is 5.64. The van der Waals surface area contributed by atoms with Crippen LogP contribution in [0.4, 0.5) is 8.78 Å². The van der Waals surface area contributed by atoms with E-state index in [0.29, 0.717) is 25.4 Å². The Balaban J connectivity index is 1.50. The summed E-state index contributed by atoms with van der Waals surface area (Å²) < 4.78 is 34.7. The van der Waals surface area contributed by atoms with Crippen molar-refractivity contribution in [3.8, 4) is 5.75 Å². The minimum atomic E-state index is -0.784. The van der Waals surface area contributed by atoms with Gasteiger partial charge in [0, 0.05) is 37.5 Å². The third-order valence-corrected chi connectivity index (χ3v) is 7.64. The Morgan fingerprint density at radius 1 is 1.23 bits per heavy atom. The van der Waals surface area contributed by atoms with Gasteiger partial charge >= 0.3 is 0 Å². The first kappa shape index (κ1) is 23.5. The Bertz CT molecular complexity index is 1230. The summed E-state index contributed by atoms with van der Waals surface area (Å²) in [4.78, 5) is 41.9. The highest BCUT2D eigenvalue weighted by molar-refractivity contribution is 5.99. The van der Waals surface area contributed by atoms with E-state index < -0.39 is 23.0 Å². The first-order valence-corrected chi connectivity index (χ1v) is 12.3. The van der Waals surface area contributed by atoms with Crippen molar-refractivity contribution >= 4 is 11.8 Å². The molecule has 1 N–H and O–H groups in total. The number of halogens is 2. The smallest absolute Gasteiger partial charge is 0.275 e. The molecule has 1 saturated carbocycles. The van der Waals surface area contributed by atoms with E-state index in [9.17, 15) is 23.2 Å². The zero-order chi connectivity index (χ0) is 24.7. The van der Waals surface area contributed by atoms with Crippen LogP contribution in [0.15, 0.2) is 29.2 Å². The summed E-state index contributed by atoms with van der Waals surface area (Å²) in [6, 6.07) is 3.09. The number of nitrogens with one attached hydrogen (secondary N) is 1. The minimum Gasteiger partial charge on any atom is -0.487 e. The molecule has 1 aromatic carbocycles. The monoisotopic (exact) mass is 485 g/mol. The summed E-state index contributed by atoms with van der Waals surface area (Å²) in [5.41, 5.74) is -0.827. The molecule has 2 bridgehead atoms. The van der Waals surface area contributed by atoms with Crippen LogP contribution in [0, 0.1) is 17.6 Å². The number of hydrogen-bond donors (Lipinski definition) is 1. The number of aromatic nitrogens is 1. The zero-order valence-corrected chi connectivity index (χ0v) is 19.7. The van der Waals surface area contributed by atoms with Crippen LogP contribution in [0.25, 0.3) is 0 Å². The molecule has 6 rings (SSSR count). The van der Waals surface area contributed by atoms with Crippen molar-refractivity contribution in [3.63, 3.8) is 0 Å². The Labute approximate surface area is 202 Å². The van der Waals surface area contributed by atoms with Crippen molar-refractivity contribution < 1.29 is 23.1 Å². The van der Waals surface area contributed by atoms with Crippen molar-refractivity contribution in [2.24, 2.45) is 5.92 Å². The second kappa shape index (κ2) is 9.09. The summed E-state index contributed by atoms with van der Waals surface area (Å²) in [6.45, 7) is 3.22. The van der Waals surface area contributed by atoms with E-state index in [-0.39, 0.29) is 47.2 Å². The van der Waals surface area contributed by atoms with Gasteiger partial charge in [0.05, 0.1) is 12.1 Å². The van der Waals surface area contributed by atoms with Crippen LogP contribution >= 0.6 is 0 Å². The molecular formula is C26H29F2N3O4. The molecule has 0 unspecified atom stereocenters. The lowest BCUT2D eigenvalue weighted by Gasteiger charge is -2.57. The number of hydrogen-bond acceptors (Lipinski definition) is 4. The highest BCUT2D eigenvalue weighted by Crippen LogP contribution is 2.47. The Hall–Kier alpha value is -3.23. The lowest BCUT2D eigenvalue weighted by atomic mass is 9.69. The van der Waals surface area contributed by atoms with Gasteiger partial charge in [-0.2, -0.15) is 0 Å². The van der Waals surface area contributed by atoms with Gasteiger partial charge in [-0.25, -0.2) is 8.78 Å². The molecule has 7 nitrogen and oxygen atoms in total. The van der Waals surface area contributed by atoms with Gasteiger partial charge in [-0.15, -0.1) is 0 Å². The molecule has 0 radical (unpaired) electrons. The Morgan fingerprint density at radius 2 is 2.00 bits per heavy atom. The maximum Gasteiger partial charge on any atom is 0.275 e. The number of nitrogens with zero attached hydrogens (tertiary/aromatic N) is 2. The summed E-state index contributed by atoms with van der Waals surface area (Å²) in [5, 5.41) is 2.55. The highest BCUT2D eigenvalue weighted by atomic mass is 19.1. The number of pyridine rings is 1. The van der Waals surface area contributed by atoms with E-state index >= 15 is 0 Å². The van der Waals surface area contributed by atoms with Gasteiger partial charge in [0.25, 0.3) is 11.8 Å². The average Bonchev–Trinajstić information content (AvgIpc) is 2.85. The maximum atomic E-state index is 14.0. The number of piperidine rings is 2. The molecule has 2 aromatic rings. The molecule has 3 aliphatic heterocycles. The number of ether oxygens (including phenoxy) is 1. The molecule has 186 valence electrons. The van der Waals surface area contributed by atoms with Crippen molar-refractivity contribution in [3.05, 3.63) is 63.1 Å². The molecule has 35 heavy (non-hydrogen) atoms. The normalized spacial score (nSPS) is 22.5. The van der Waals surface area contributed by atoms with Gasteiger partial charge in [0.15, 0.2) is 11.4 Å². The first-order valence-electron chi connectivity index (χ1n) is 12.3. The standard InChI is InChI=1S/C26H29F2N3O4/c1-2-3-10-35-23-21-25(34)31-13-16-6-8-26(31,9-7-16)15-30(21)14-19(22(23)32)24(33)29-12-17-4-5-18(27)11-20(17)28/h4-5,11,14,16H,2-3,6-10,12-13,15H2,1H3,(H,29,33)/t16-,26+. The predicted octanol–water partition coefficient (Wildman–Crippen LogP) is 3.63. The Morgan fingerprint density at radius 3 is 2.71 bits per heavy atom. The van der Waals surface area contributed by atoms with Crippen LogP contribution in [0.1, 0.15) is 71.9 Å². The predicted molar refractivity (Wildman–Crippen MR) is 124 cm³/mol. The van der Waals surface area contributed by atoms with Crippen LogP contribution in [-0.4, -0.2) is 40.0 Å². The molecule has 2 amide bonds. The van der Waals surface area contributed by atoms with E-state index in [2.05, 4.69) is 5.32 Å². The van der Waals surface area contributed by atoms with Gasteiger partial charge in [-0.05, 0) is 44.1 Å². The molecule has 2 saturated heterocycles. The number of amides is 2. The third-order valence-electron chi connectivity index (χ3n) is 7.64. The van der Waals surface area contributed by atoms with Crippen LogP contribution in [0.2, 0.25) is 0 Å². The number of benzene rings is 1. The average molecular weight is 486 g/mol. The molecule has 1 spiro atoms. The lowest BCUT2D eigenvalue weighted by molar-refractivity contribution is -0.0390. The Kier molecular flexibility index (Phi) is 6.11. The van der Waals surface area contributed by atoms with E-state index in [1.807, 2.05) is 11.8 Å². The molecule has 4 heterocycles. The van der Waals surface area contributed by atoms with E-state index in [1.54, 1.807) is 4.57 Å². The minimum absolute atomic E-state index is 0.0969. The van der Waals surface area contributed by atoms with Gasteiger partial charge in [-0.1, -0.05) is 19.4 Å². The third kappa shape index (κ3) is 4.10.